The number of pyridine rings is 2. The number of hydrogen-bond donors (Lipinski definition) is 2. The topological polar surface area (TPSA) is 92.7 Å². The molecule has 3 aromatic heterocycles. The molecule has 2 N–H and O–H groups in total. The van der Waals surface area contributed by atoms with Crippen molar-refractivity contribution in [3.05, 3.63) is 76.0 Å². The van der Waals surface area contributed by atoms with E-state index in [0.29, 0.717) is 33.7 Å². The molecule has 7 nitrogen and oxygen atoms in total. The SMILES string of the molecule is Cn1nc(-c2ccccn2)c2c1NC(=O)CC2c1cc2ccc(F)cc2[nH]c1=O. The van der Waals surface area contributed by atoms with Gasteiger partial charge >= 0.3 is 0 Å². The number of aryl methyl sites for hydroxylation is 1. The lowest BCUT2D eigenvalue weighted by Gasteiger charge is -2.24. The minimum Gasteiger partial charge on any atom is -0.322 e. The molecule has 4 heterocycles. The zero-order valence-electron chi connectivity index (χ0n) is 15.4. The Bertz CT molecular complexity index is 1330. The third-order valence-electron chi connectivity index (χ3n) is 5.20. The van der Waals surface area contributed by atoms with Crippen molar-refractivity contribution in [3.63, 3.8) is 0 Å². The predicted octanol–water partition coefficient (Wildman–Crippen LogP) is 2.94. The van der Waals surface area contributed by atoms with Gasteiger partial charge in [-0.1, -0.05) is 6.07 Å². The summed E-state index contributed by atoms with van der Waals surface area (Å²) in [6.07, 6.45) is 1.78. The highest BCUT2D eigenvalue weighted by atomic mass is 19.1. The molecule has 0 fully saturated rings. The number of carbonyl (C=O) groups excluding carboxylic acids is 1. The number of anilines is 1. The lowest BCUT2D eigenvalue weighted by molar-refractivity contribution is -0.116. The van der Waals surface area contributed by atoms with E-state index in [2.05, 4.69) is 20.4 Å². The molecule has 4 aromatic rings. The first-order chi connectivity index (χ1) is 14.0. The monoisotopic (exact) mass is 389 g/mol. The second kappa shape index (κ2) is 6.37. The van der Waals surface area contributed by atoms with Crippen molar-refractivity contribution in [1.82, 2.24) is 19.7 Å². The lowest BCUT2D eigenvalue weighted by atomic mass is 9.85. The van der Waals surface area contributed by atoms with E-state index in [1.54, 1.807) is 30.1 Å². The van der Waals surface area contributed by atoms with Gasteiger partial charge in [0.1, 0.15) is 17.3 Å². The Morgan fingerprint density at radius 3 is 2.83 bits per heavy atom. The van der Waals surface area contributed by atoms with Crippen molar-refractivity contribution in [2.75, 3.05) is 5.32 Å². The van der Waals surface area contributed by atoms with E-state index in [-0.39, 0.29) is 17.9 Å². The van der Waals surface area contributed by atoms with E-state index in [9.17, 15) is 14.0 Å². The van der Waals surface area contributed by atoms with Crippen molar-refractivity contribution < 1.29 is 9.18 Å². The molecule has 1 unspecified atom stereocenters. The number of aromatic amines is 1. The Morgan fingerprint density at radius 2 is 2.03 bits per heavy atom. The second-order valence-electron chi connectivity index (χ2n) is 7.04. The van der Waals surface area contributed by atoms with E-state index in [1.165, 1.54) is 12.1 Å². The van der Waals surface area contributed by atoms with Gasteiger partial charge in [0.25, 0.3) is 5.56 Å². The molecule has 1 atom stereocenters. The number of halogens is 1. The summed E-state index contributed by atoms with van der Waals surface area (Å²) >= 11 is 0. The van der Waals surface area contributed by atoms with Crippen LogP contribution in [-0.4, -0.2) is 25.7 Å². The zero-order chi connectivity index (χ0) is 20.1. The second-order valence-corrected chi connectivity index (χ2v) is 7.04. The minimum atomic E-state index is -0.498. The van der Waals surface area contributed by atoms with Gasteiger partial charge in [0.05, 0.1) is 11.2 Å². The molecule has 0 bridgehead atoms. The molecular formula is C21H16FN5O2. The number of benzene rings is 1. The first-order valence-corrected chi connectivity index (χ1v) is 9.12. The van der Waals surface area contributed by atoms with Gasteiger partial charge in [0.2, 0.25) is 5.91 Å². The standard InChI is InChI=1S/C21H16FN5O2/c1-27-20-18(19(26-27)15-4-2-3-7-23-15)13(10-17(28)25-20)14-8-11-5-6-12(22)9-16(11)24-21(14)29/h2-9,13H,10H2,1H3,(H,24,29)(H,25,28). The Balaban J connectivity index is 1.75. The summed E-state index contributed by atoms with van der Waals surface area (Å²) < 4.78 is 15.1. The largest absolute Gasteiger partial charge is 0.322 e. The van der Waals surface area contributed by atoms with E-state index < -0.39 is 11.7 Å². The molecule has 0 spiro atoms. The number of nitrogens with one attached hydrogen (secondary N) is 2. The fourth-order valence-electron chi connectivity index (χ4n) is 3.90. The maximum atomic E-state index is 13.5. The minimum absolute atomic E-state index is 0.105. The van der Waals surface area contributed by atoms with Crippen molar-refractivity contribution >= 4 is 22.6 Å². The van der Waals surface area contributed by atoms with E-state index in [0.717, 1.165) is 5.56 Å². The summed E-state index contributed by atoms with van der Waals surface area (Å²) in [6, 6.07) is 11.5. The Morgan fingerprint density at radius 1 is 1.17 bits per heavy atom. The van der Waals surface area contributed by atoms with Crippen molar-refractivity contribution in [2.24, 2.45) is 7.05 Å². The van der Waals surface area contributed by atoms with Crippen LogP contribution in [0.5, 0.6) is 0 Å². The number of carbonyl (C=O) groups is 1. The van der Waals surface area contributed by atoms with E-state index in [4.69, 9.17) is 0 Å². The highest BCUT2D eigenvalue weighted by Gasteiger charge is 2.35. The molecule has 29 heavy (non-hydrogen) atoms. The summed E-state index contributed by atoms with van der Waals surface area (Å²) in [6.45, 7) is 0. The van der Waals surface area contributed by atoms with Gasteiger partial charge < -0.3 is 10.3 Å². The van der Waals surface area contributed by atoms with Crippen LogP contribution >= 0.6 is 0 Å². The fourth-order valence-corrected chi connectivity index (χ4v) is 3.90. The molecule has 1 aromatic carbocycles. The van der Waals surface area contributed by atoms with Crippen molar-refractivity contribution in [3.8, 4) is 11.4 Å². The normalized spacial score (nSPS) is 15.9. The van der Waals surface area contributed by atoms with Crippen LogP contribution < -0.4 is 10.9 Å². The zero-order valence-corrected chi connectivity index (χ0v) is 15.4. The molecule has 8 heteroatoms. The van der Waals surface area contributed by atoms with Crippen LogP contribution in [0.25, 0.3) is 22.3 Å². The average molecular weight is 389 g/mol. The molecule has 144 valence electrons. The van der Waals surface area contributed by atoms with E-state index in [1.807, 2.05) is 18.2 Å². The number of fused-ring (bicyclic) bond motifs is 2. The summed E-state index contributed by atoms with van der Waals surface area (Å²) in [5, 5.41) is 8.10. The van der Waals surface area contributed by atoms with Crippen molar-refractivity contribution in [1.29, 1.82) is 0 Å². The molecule has 1 aliphatic rings. The summed E-state index contributed by atoms with van der Waals surface area (Å²) in [5.74, 6) is -0.574. The molecule has 0 aliphatic carbocycles. The lowest BCUT2D eigenvalue weighted by Crippen LogP contribution is -2.28. The quantitative estimate of drug-likeness (QED) is 0.551. The third kappa shape index (κ3) is 2.80. The highest BCUT2D eigenvalue weighted by Crippen LogP contribution is 2.41. The van der Waals surface area contributed by atoms with Crippen LogP contribution in [0.3, 0.4) is 0 Å². The van der Waals surface area contributed by atoms with Gasteiger partial charge in [-0.2, -0.15) is 5.10 Å². The van der Waals surface area contributed by atoms with Gasteiger partial charge in [-0.05, 0) is 41.8 Å². The number of amides is 1. The van der Waals surface area contributed by atoms with Crippen LogP contribution in [0, 0.1) is 5.82 Å². The van der Waals surface area contributed by atoms with Crippen LogP contribution in [0.2, 0.25) is 0 Å². The van der Waals surface area contributed by atoms with Crippen LogP contribution in [-0.2, 0) is 11.8 Å². The first kappa shape index (κ1) is 17.3. The Labute approximate surface area is 164 Å². The maximum absolute atomic E-state index is 13.5. The Kier molecular flexibility index (Phi) is 3.80. The van der Waals surface area contributed by atoms with Crippen LogP contribution in [0.1, 0.15) is 23.5 Å². The average Bonchev–Trinajstić information content (AvgIpc) is 3.04. The van der Waals surface area contributed by atoms with Gasteiger partial charge in [0.15, 0.2) is 0 Å². The molecule has 1 aliphatic heterocycles. The van der Waals surface area contributed by atoms with Gasteiger partial charge in [-0.25, -0.2) is 4.39 Å². The fraction of sp³-hybridized carbons (Fsp3) is 0.143. The molecule has 0 radical (unpaired) electrons. The van der Waals surface area contributed by atoms with Gasteiger partial charge in [-0.3, -0.25) is 19.3 Å². The summed E-state index contributed by atoms with van der Waals surface area (Å²) in [4.78, 5) is 32.4. The van der Waals surface area contributed by atoms with Crippen LogP contribution in [0.15, 0.2) is 53.5 Å². The number of aromatic nitrogens is 4. The molecule has 0 saturated carbocycles. The highest BCUT2D eigenvalue weighted by molar-refractivity contribution is 5.96. The number of H-pyrrole nitrogens is 1. The Hall–Kier alpha value is -3.81. The maximum Gasteiger partial charge on any atom is 0.252 e. The van der Waals surface area contributed by atoms with Gasteiger partial charge in [0, 0.05) is 36.7 Å². The molecule has 0 saturated heterocycles. The van der Waals surface area contributed by atoms with Crippen molar-refractivity contribution in [2.45, 2.75) is 12.3 Å². The van der Waals surface area contributed by atoms with Crippen LogP contribution in [0.4, 0.5) is 10.2 Å². The first-order valence-electron chi connectivity index (χ1n) is 9.12. The molecule has 5 rings (SSSR count). The van der Waals surface area contributed by atoms with E-state index >= 15 is 0 Å². The van der Waals surface area contributed by atoms with Gasteiger partial charge in [-0.15, -0.1) is 0 Å². The predicted molar refractivity (Wildman–Crippen MR) is 106 cm³/mol. The number of rotatable bonds is 2. The summed E-state index contributed by atoms with van der Waals surface area (Å²) in [7, 11) is 1.74. The smallest absolute Gasteiger partial charge is 0.252 e. The molecule has 1 amide bonds. The molecular weight excluding hydrogens is 373 g/mol. The third-order valence-corrected chi connectivity index (χ3v) is 5.20. The number of nitrogens with zero attached hydrogens (tertiary/aromatic N) is 3. The number of hydrogen-bond acceptors (Lipinski definition) is 4. The summed E-state index contributed by atoms with van der Waals surface area (Å²) in [5.41, 5.74) is 2.51.